The maximum absolute atomic E-state index is 13.0. The van der Waals surface area contributed by atoms with E-state index in [1.807, 2.05) is 32.0 Å². The van der Waals surface area contributed by atoms with E-state index < -0.39 is 39.2 Å². The fraction of sp³-hybridized carbons (Fsp3) is 0.758. The number of sulfone groups is 1. The Kier molecular flexibility index (Phi) is 17.4. The molecule has 0 saturated carbocycles. The van der Waals surface area contributed by atoms with E-state index in [1.165, 1.54) is 6.26 Å². The van der Waals surface area contributed by atoms with E-state index in [2.05, 4.69) is 19.2 Å². The Labute approximate surface area is 271 Å². The summed E-state index contributed by atoms with van der Waals surface area (Å²) in [6.45, 7) is 12.8. The molecule has 1 aromatic rings. The highest BCUT2D eigenvalue weighted by atomic mass is 32.2. The van der Waals surface area contributed by atoms with Crippen molar-refractivity contribution in [3.63, 3.8) is 0 Å². The third-order valence-electron chi connectivity index (χ3n) is 8.19. The second kappa shape index (κ2) is 19.3. The van der Waals surface area contributed by atoms with Crippen molar-refractivity contribution in [2.75, 3.05) is 45.5 Å². The SMILES string of the molecule is COCCCOc1cc(C[C@@H](C[C@H](N)[C@@H](O)C[C@@H](C(=O)NCC(C)(C)C(N)=O)C(C)C)C(C)C)ccc1OCCCS(C)(=O)=O. The molecule has 0 fully saturated rings. The number of carbonyl (C=O) groups excluding carboxylic acids is 2. The molecule has 0 radical (unpaired) electrons. The summed E-state index contributed by atoms with van der Waals surface area (Å²) in [6, 6.07) is 5.22. The summed E-state index contributed by atoms with van der Waals surface area (Å²) in [6.07, 6.45) is 2.84. The summed E-state index contributed by atoms with van der Waals surface area (Å²) in [5, 5.41) is 13.9. The number of methoxy groups -OCH3 is 1. The number of amides is 2. The number of rotatable bonds is 23. The summed E-state index contributed by atoms with van der Waals surface area (Å²) in [5.41, 5.74) is 12.1. The Bertz CT molecular complexity index is 1160. The highest BCUT2D eigenvalue weighted by molar-refractivity contribution is 7.90. The third-order valence-corrected chi connectivity index (χ3v) is 9.22. The average Bonchev–Trinajstić information content (AvgIpc) is 2.94. The molecule has 4 atom stereocenters. The van der Waals surface area contributed by atoms with Crippen molar-refractivity contribution in [3.05, 3.63) is 23.8 Å². The molecule has 0 heterocycles. The van der Waals surface area contributed by atoms with Crippen LogP contribution in [-0.2, 0) is 30.6 Å². The number of aliphatic hydroxyl groups excluding tert-OH is 1. The van der Waals surface area contributed by atoms with Crippen molar-refractivity contribution in [1.82, 2.24) is 5.32 Å². The first-order chi connectivity index (χ1) is 20.9. The molecule has 11 nitrogen and oxygen atoms in total. The maximum atomic E-state index is 13.0. The number of primary amides is 1. The quantitative estimate of drug-likeness (QED) is 0.129. The van der Waals surface area contributed by atoms with E-state index in [9.17, 15) is 23.1 Å². The molecular formula is C33H59N3O8S. The minimum Gasteiger partial charge on any atom is -0.490 e. The standard InChI is InChI=1S/C33H59N3O8S/c1-22(2)25(19-27(34)28(37)20-26(23(3)4)31(38)36-21-33(5,6)32(35)39)17-24-11-12-29(43-15-10-16-45(8,40)41)30(18-24)44-14-9-13-42-7/h11-12,18,22-23,25-28,37H,9-10,13-17,19-21,34H2,1-8H3,(H2,35,39)(H,36,38)/t25-,26+,27-,28-/m0/s1. The van der Waals surface area contributed by atoms with Crippen LogP contribution in [0.4, 0.5) is 0 Å². The first-order valence-corrected chi connectivity index (χ1v) is 18.0. The van der Waals surface area contributed by atoms with Gasteiger partial charge in [-0.2, -0.15) is 0 Å². The molecule has 0 bridgehead atoms. The van der Waals surface area contributed by atoms with Gasteiger partial charge in [0, 0.05) is 44.9 Å². The Morgan fingerprint density at radius 2 is 1.60 bits per heavy atom. The van der Waals surface area contributed by atoms with Gasteiger partial charge < -0.3 is 36.1 Å². The van der Waals surface area contributed by atoms with Crippen LogP contribution in [0.3, 0.4) is 0 Å². The zero-order valence-electron chi connectivity index (χ0n) is 28.6. The fourth-order valence-corrected chi connectivity index (χ4v) is 5.49. The zero-order chi connectivity index (χ0) is 34.4. The highest BCUT2D eigenvalue weighted by Crippen LogP contribution is 2.32. The Morgan fingerprint density at radius 1 is 0.978 bits per heavy atom. The van der Waals surface area contributed by atoms with Crippen LogP contribution in [0.25, 0.3) is 0 Å². The summed E-state index contributed by atoms with van der Waals surface area (Å²) < 4.78 is 40.0. The first kappa shape index (κ1) is 40.6. The summed E-state index contributed by atoms with van der Waals surface area (Å²) in [5.74, 6) is 0.337. The van der Waals surface area contributed by atoms with Gasteiger partial charge in [-0.15, -0.1) is 0 Å². The van der Waals surface area contributed by atoms with Crippen molar-refractivity contribution < 1.29 is 37.3 Å². The molecular weight excluding hydrogens is 598 g/mol. The number of hydrogen-bond acceptors (Lipinski definition) is 9. The van der Waals surface area contributed by atoms with E-state index in [4.69, 9.17) is 25.7 Å². The van der Waals surface area contributed by atoms with Gasteiger partial charge in [-0.25, -0.2) is 8.42 Å². The van der Waals surface area contributed by atoms with Crippen molar-refractivity contribution in [2.24, 2.45) is 40.6 Å². The Balaban J connectivity index is 2.97. The minimum absolute atomic E-state index is 0.0427. The smallest absolute Gasteiger partial charge is 0.224 e. The molecule has 0 spiro atoms. The van der Waals surface area contributed by atoms with E-state index in [-0.39, 0.29) is 49.0 Å². The number of hydrogen-bond donors (Lipinski definition) is 4. The van der Waals surface area contributed by atoms with Crippen LogP contribution in [0, 0.1) is 29.1 Å². The van der Waals surface area contributed by atoms with Gasteiger partial charge in [-0.1, -0.05) is 33.8 Å². The molecule has 0 aliphatic carbocycles. The maximum Gasteiger partial charge on any atom is 0.224 e. The third kappa shape index (κ3) is 15.6. The van der Waals surface area contributed by atoms with Crippen LogP contribution >= 0.6 is 0 Å². The first-order valence-electron chi connectivity index (χ1n) is 15.9. The van der Waals surface area contributed by atoms with Gasteiger partial charge in [-0.3, -0.25) is 9.59 Å². The zero-order valence-corrected chi connectivity index (χ0v) is 29.5. The van der Waals surface area contributed by atoms with Crippen LogP contribution in [0.1, 0.15) is 72.8 Å². The molecule has 0 aliphatic heterocycles. The van der Waals surface area contributed by atoms with Crippen LogP contribution in [-0.4, -0.2) is 83.0 Å². The van der Waals surface area contributed by atoms with Crippen LogP contribution in [0.15, 0.2) is 18.2 Å². The Morgan fingerprint density at radius 3 is 2.16 bits per heavy atom. The lowest BCUT2D eigenvalue weighted by molar-refractivity contribution is -0.130. The van der Waals surface area contributed by atoms with Gasteiger partial charge in [0.25, 0.3) is 0 Å². The van der Waals surface area contributed by atoms with E-state index in [0.717, 1.165) is 5.56 Å². The van der Waals surface area contributed by atoms with Crippen molar-refractivity contribution in [1.29, 1.82) is 0 Å². The van der Waals surface area contributed by atoms with Crippen LogP contribution in [0.5, 0.6) is 11.5 Å². The lowest BCUT2D eigenvalue weighted by atomic mass is 9.80. The van der Waals surface area contributed by atoms with Gasteiger partial charge in [-0.05, 0) is 75.0 Å². The fourth-order valence-electron chi connectivity index (χ4n) is 4.84. The average molecular weight is 658 g/mol. The molecule has 1 aromatic carbocycles. The molecule has 2 amide bonds. The van der Waals surface area contributed by atoms with E-state index in [1.54, 1.807) is 21.0 Å². The van der Waals surface area contributed by atoms with Gasteiger partial charge >= 0.3 is 0 Å². The number of ether oxygens (including phenoxy) is 3. The van der Waals surface area contributed by atoms with E-state index >= 15 is 0 Å². The predicted octanol–water partition coefficient (Wildman–Crippen LogP) is 3.10. The monoisotopic (exact) mass is 657 g/mol. The van der Waals surface area contributed by atoms with Crippen molar-refractivity contribution in [2.45, 2.75) is 85.8 Å². The predicted molar refractivity (Wildman–Crippen MR) is 178 cm³/mol. The molecule has 1 rings (SSSR count). The highest BCUT2D eigenvalue weighted by Gasteiger charge is 2.32. The number of carbonyl (C=O) groups is 2. The molecule has 6 N–H and O–H groups in total. The topological polar surface area (TPSA) is 180 Å². The number of nitrogens with two attached hydrogens (primary N) is 2. The van der Waals surface area contributed by atoms with Crippen molar-refractivity contribution in [3.8, 4) is 11.5 Å². The summed E-state index contributed by atoms with van der Waals surface area (Å²) in [4.78, 5) is 24.7. The molecule has 0 aromatic heterocycles. The lowest BCUT2D eigenvalue weighted by Gasteiger charge is -2.30. The van der Waals surface area contributed by atoms with Crippen LogP contribution in [0.2, 0.25) is 0 Å². The molecule has 0 saturated heterocycles. The minimum atomic E-state index is -3.07. The Hall–Kier alpha value is -2.41. The second-order valence-electron chi connectivity index (χ2n) is 13.5. The number of benzene rings is 1. The molecule has 260 valence electrons. The van der Waals surface area contributed by atoms with E-state index in [0.29, 0.717) is 50.4 Å². The molecule has 0 aliphatic rings. The van der Waals surface area contributed by atoms with Gasteiger partial charge in [0.05, 0.1) is 30.5 Å². The number of aliphatic hydroxyl groups is 1. The van der Waals surface area contributed by atoms with Gasteiger partial charge in [0.15, 0.2) is 11.5 Å². The molecule has 0 unspecified atom stereocenters. The lowest BCUT2D eigenvalue weighted by Crippen LogP contribution is -2.46. The normalized spacial score (nSPS) is 15.0. The van der Waals surface area contributed by atoms with Crippen LogP contribution < -0.4 is 26.3 Å². The number of nitrogens with one attached hydrogen (secondary N) is 1. The van der Waals surface area contributed by atoms with Crippen molar-refractivity contribution >= 4 is 21.7 Å². The molecule has 45 heavy (non-hydrogen) atoms. The summed E-state index contributed by atoms with van der Waals surface area (Å²) >= 11 is 0. The molecule has 12 heteroatoms. The largest absolute Gasteiger partial charge is 0.490 e. The van der Waals surface area contributed by atoms with Gasteiger partial charge in [0.2, 0.25) is 11.8 Å². The summed E-state index contributed by atoms with van der Waals surface area (Å²) in [7, 11) is -1.43. The van der Waals surface area contributed by atoms with Gasteiger partial charge in [0.1, 0.15) is 9.84 Å². The second-order valence-corrected chi connectivity index (χ2v) is 15.8.